The molecule has 0 unspecified atom stereocenters. The third-order valence-electron chi connectivity index (χ3n) is 6.86. The molecule has 1 heterocycles. The standard InChI is InChI=1S/C22H27NO5/c1-13(27-21(25)19-12-26-17-4-2-3-5-18(17)28-19)20(24)23-22-9-14-6-15(10-22)8-16(7-14)11-22/h2-5,13-16,19H,6-12H2,1H3,(H,23,24)/t13-,14?,15?,16?,19-,22?/m0/s1. The summed E-state index contributed by atoms with van der Waals surface area (Å²) in [6.45, 7) is 1.71. The Morgan fingerprint density at radius 3 is 2.32 bits per heavy atom. The molecule has 4 bridgehead atoms. The van der Waals surface area contributed by atoms with Gasteiger partial charge in [-0.3, -0.25) is 4.79 Å². The molecule has 0 radical (unpaired) electrons. The van der Waals surface area contributed by atoms with Crippen molar-refractivity contribution in [3.63, 3.8) is 0 Å². The number of fused-ring (bicyclic) bond motifs is 1. The highest BCUT2D eigenvalue weighted by Crippen LogP contribution is 2.55. The number of amides is 1. The highest BCUT2D eigenvalue weighted by molar-refractivity contribution is 5.85. The van der Waals surface area contributed by atoms with Crippen LogP contribution in [0.4, 0.5) is 0 Å². The third-order valence-corrected chi connectivity index (χ3v) is 6.86. The van der Waals surface area contributed by atoms with Gasteiger partial charge in [0.05, 0.1) is 0 Å². The number of benzene rings is 1. The first kappa shape index (κ1) is 17.8. The van der Waals surface area contributed by atoms with E-state index in [1.807, 2.05) is 12.1 Å². The van der Waals surface area contributed by atoms with Crippen molar-refractivity contribution in [2.24, 2.45) is 17.8 Å². The number of carbonyl (C=O) groups is 2. The van der Waals surface area contributed by atoms with Gasteiger partial charge in [0, 0.05) is 5.54 Å². The van der Waals surface area contributed by atoms with Crippen LogP contribution in [0.1, 0.15) is 45.4 Å². The Labute approximate surface area is 164 Å². The Kier molecular flexibility index (Phi) is 4.25. The molecule has 28 heavy (non-hydrogen) atoms. The Morgan fingerprint density at radius 1 is 1.07 bits per heavy atom. The van der Waals surface area contributed by atoms with Gasteiger partial charge in [-0.25, -0.2) is 4.79 Å². The zero-order valence-corrected chi connectivity index (χ0v) is 16.2. The van der Waals surface area contributed by atoms with E-state index in [0.717, 1.165) is 37.0 Å². The zero-order valence-electron chi connectivity index (χ0n) is 16.2. The van der Waals surface area contributed by atoms with Gasteiger partial charge in [0.1, 0.15) is 6.61 Å². The molecular weight excluding hydrogens is 358 g/mol. The van der Waals surface area contributed by atoms with Gasteiger partial charge in [-0.2, -0.15) is 0 Å². The van der Waals surface area contributed by atoms with E-state index in [4.69, 9.17) is 14.2 Å². The van der Waals surface area contributed by atoms with Gasteiger partial charge in [0.25, 0.3) is 5.91 Å². The number of para-hydroxylation sites is 2. The molecule has 1 N–H and O–H groups in total. The molecule has 0 spiro atoms. The second-order valence-corrected chi connectivity index (χ2v) is 9.13. The van der Waals surface area contributed by atoms with Gasteiger partial charge >= 0.3 is 5.97 Å². The molecule has 5 aliphatic rings. The first-order valence-corrected chi connectivity index (χ1v) is 10.4. The van der Waals surface area contributed by atoms with Crippen molar-refractivity contribution in [2.45, 2.75) is 63.2 Å². The van der Waals surface area contributed by atoms with Crippen LogP contribution in [0.25, 0.3) is 0 Å². The van der Waals surface area contributed by atoms with Crippen LogP contribution < -0.4 is 14.8 Å². The number of ether oxygens (including phenoxy) is 3. The Balaban J connectivity index is 1.18. The van der Waals surface area contributed by atoms with E-state index < -0.39 is 18.2 Å². The quantitative estimate of drug-likeness (QED) is 0.807. The van der Waals surface area contributed by atoms with Crippen molar-refractivity contribution in [3.8, 4) is 11.5 Å². The molecule has 4 saturated carbocycles. The minimum Gasteiger partial charge on any atom is -0.485 e. The van der Waals surface area contributed by atoms with Crippen LogP contribution in [-0.2, 0) is 14.3 Å². The van der Waals surface area contributed by atoms with E-state index >= 15 is 0 Å². The second-order valence-electron chi connectivity index (χ2n) is 9.13. The summed E-state index contributed by atoms with van der Waals surface area (Å²) in [6, 6.07) is 7.20. The minimum absolute atomic E-state index is 0.0825. The molecule has 6 rings (SSSR count). The molecule has 6 heteroatoms. The maximum Gasteiger partial charge on any atom is 0.351 e. The molecule has 4 aliphatic carbocycles. The summed E-state index contributed by atoms with van der Waals surface area (Å²) in [4.78, 5) is 25.3. The number of nitrogens with one attached hydrogen (secondary N) is 1. The molecule has 1 aliphatic heterocycles. The van der Waals surface area contributed by atoms with Crippen LogP contribution >= 0.6 is 0 Å². The summed E-state index contributed by atoms with van der Waals surface area (Å²) in [5, 5.41) is 3.26. The largest absolute Gasteiger partial charge is 0.485 e. The van der Waals surface area contributed by atoms with E-state index in [0.29, 0.717) is 11.5 Å². The summed E-state index contributed by atoms with van der Waals surface area (Å²) in [7, 11) is 0. The normalized spacial score (nSPS) is 35.9. The predicted molar refractivity (Wildman–Crippen MR) is 101 cm³/mol. The van der Waals surface area contributed by atoms with Gasteiger partial charge in [-0.05, 0) is 75.3 Å². The lowest BCUT2D eigenvalue weighted by Crippen LogP contribution is -2.61. The van der Waals surface area contributed by atoms with Gasteiger partial charge in [-0.15, -0.1) is 0 Å². The minimum atomic E-state index is -0.857. The van der Waals surface area contributed by atoms with Crippen molar-refractivity contribution in [2.75, 3.05) is 6.61 Å². The highest BCUT2D eigenvalue weighted by atomic mass is 16.6. The fourth-order valence-corrected chi connectivity index (χ4v) is 6.07. The topological polar surface area (TPSA) is 73.9 Å². The van der Waals surface area contributed by atoms with Crippen LogP contribution in [0.3, 0.4) is 0 Å². The molecule has 4 fully saturated rings. The van der Waals surface area contributed by atoms with Crippen LogP contribution in [0, 0.1) is 17.8 Å². The summed E-state index contributed by atoms with van der Waals surface area (Å²) < 4.78 is 16.7. The number of hydrogen-bond acceptors (Lipinski definition) is 5. The average Bonchev–Trinajstić information content (AvgIpc) is 2.66. The fraction of sp³-hybridized carbons (Fsp3) is 0.636. The van der Waals surface area contributed by atoms with Crippen LogP contribution in [0.15, 0.2) is 24.3 Å². The fourth-order valence-electron chi connectivity index (χ4n) is 6.07. The molecule has 2 atom stereocenters. The van der Waals surface area contributed by atoms with Gasteiger partial charge in [-0.1, -0.05) is 12.1 Å². The number of rotatable bonds is 4. The van der Waals surface area contributed by atoms with Crippen LogP contribution in [-0.4, -0.2) is 36.2 Å². The summed E-state index contributed by atoms with van der Waals surface area (Å²) in [5.74, 6) is 2.60. The third kappa shape index (κ3) is 3.23. The first-order valence-electron chi connectivity index (χ1n) is 10.4. The monoisotopic (exact) mass is 385 g/mol. The number of hydrogen-bond donors (Lipinski definition) is 1. The lowest BCUT2D eigenvalue weighted by atomic mass is 9.53. The summed E-state index contributed by atoms with van der Waals surface area (Å²) >= 11 is 0. The lowest BCUT2D eigenvalue weighted by molar-refractivity contribution is -0.165. The molecule has 1 aromatic rings. The molecular formula is C22H27NO5. The maximum atomic E-state index is 12.8. The van der Waals surface area contributed by atoms with Crippen molar-refractivity contribution >= 4 is 11.9 Å². The number of carbonyl (C=O) groups excluding carboxylic acids is 2. The van der Waals surface area contributed by atoms with Gasteiger partial charge in [0.15, 0.2) is 17.6 Å². The van der Waals surface area contributed by atoms with E-state index in [1.54, 1.807) is 19.1 Å². The Morgan fingerprint density at radius 2 is 1.68 bits per heavy atom. The summed E-state index contributed by atoms with van der Waals surface area (Å²) in [6.07, 6.45) is 5.47. The summed E-state index contributed by atoms with van der Waals surface area (Å²) in [5.41, 5.74) is -0.0874. The van der Waals surface area contributed by atoms with Gasteiger partial charge < -0.3 is 19.5 Å². The molecule has 1 aromatic carbocycles. The van der Waals surface area contributed by atoms with E-state index in [-0.39, 0.29) is 18.1 Å². The van der Waals surface area contributed by atoms with E-state index in [1.165, 1.54) is 19.3 Å². The van der Waals surface area contributed by atoms with Crippen molar-refractivity contribution in [1.29, 1.82) is 0 Å². The van der Waals surface area contributed by atoms with Crippen LogP contribution in [0.2, 0.25) is 0 Å². The second kappa shape index (κ2) is 6.68. The van der Waals surface area contributed by atoms with Gasteiger partial charge in [0.2, 0.25) is 6.10 Å². The SMILES string of the molecule is C[C@H](OC(=O)[C@@H]1COc2ccccc2O1)C(=O)NC12CC3CC(CC(C3)C1)C2. The van der Waals surface area contributed by atoms with Crippen LogP contribution in [0.5, 0.6) is 11.5 Å². The van der Waals surface area contributed by atoms with Crippen molar-refractivity contribution in [3.05, 3.63) is 24.3 Å². The molecule has 6 nitrogen and oxygen atoms in total. The number of esters is 1. The molecule has 1 amide bonds. The molecule has 150 valence electrons. The Bertz CT molecular complexity index is 756. The smallest absolute Gasteiger partial charge is 0.351 e. The van der Waals surface area contributed by atoms with Crippen molar-refractivity contribution < 1.29 is 23.8 Å². The lowest BCUT2D eigenvalue weighted by Gasteiger charge is -2.57. The maximum absolute atomic E-state index is 12.8. The molecule has 0 saturated heterocycles. The first-order chi connectivity index (χ1) is 13.5. The highest BCUT2D eigenvalue weighted by Gasteiger charge is 2.52. The molecule has 0 aromatic heterocycles. The van der Waals surface area contributed by atoms with E-state index in [2.05, 4.69) is 5.32 Å². The zero-order chi connectivity index (χ0) is 19.3. The average molecular weight is 385 g/mol. The van der Waals surface area contributed by atoms with Crippen molar-refractivity contribution in [1.82, 2.24) is 5.32 Å². The Hall–Kier alpha value is -2.24. The predicted octanol–water partition coefficient (Wildman–Crippen LogP) is 2.84. The van der Waals surface area contributed by atoms with E-state index in [9.17, 15) is 9.59 Å².